The molecule has 1 aromatic heterocycles. The first kappa shape index (κ1) is 32.1. The van der Waals surface area contributed by atoms with Crippen molar-refractivity contribution in [2.75, 3.05) is 43.2 Å². The minimum absolute atomic E-state index is 0.00972. The number of carbonyl (C=O) groups excluding carboxylic acids is 2. The number of aliphatic carboxylic acids is 1. The summed E-state index contributed by atoms with van der Waals surface area (Å²) in [5, 5.41) is 21.1. The normalized spacial score (nSPS) is 14.1. The SMILES string of the molecule is CN(C)C(=O)C(=O)NC[C@H](Nc1ccc(Nc2nc(NC3(c4ccc(Cl)cc4)CC3)nc(OCC(F)(F)F)n2)cc1)C(=O)O. The maximum Gasteiger partial charge on any atom is 0.422 e. The number of likely N-dealkylation sites (N-methyl/N-ethyl adjacent to an activating group) is 1. The van der Waals surface area contributed by atoms with E-state index in [1.807, 2.05) is 12.1 Å². The van der Waals surface area contributed by atoms with Crippen LogP contribution in [0.25, 0.3) is 0 Å². The Kier molecular flexibility index (Phi) is 9.62. The van der Waals surface area contributed by atoms with Crippen LogP contribution in [0, 0.1) is 0 Å². The average molecular weight is 637 g/mol. The molecule has 0 aliphatic heterocycles. The highest BCUT2D eigenvalue weighted by Gasteiger charge is 2.45. The Morgan fingerprint density at radius 2 is 1.61 bits per heavy atom. The van der Waals surface area contributed by atoms with Gasteiger partial charge in [-0.3, -0.25) is 9.59 Å². The van der Waals surface area contributed by atoms with Crippen LogP contribution >= 0.6 is 11.6 Å². The van der Waals surface area contributed by atoms with Gasteiger partial charge in [-0.2, -0.15) is 28.1 Å². The number of carbonyl (C=O) groups is 3. The number of nitrogens with one attached hydrogen (secondary N) is 4. The third kappa shape index (κ3) is 8.82. The second kappa shape index (κ2) is 13.2. The first-order valence-corrected chi connectivity index (χ1v) is 13.5. The van der Waals surface area contributed by atoms with Crippen LogP contribution in [-0.4, -0.2) is 82.2 Å². The molecule has 3 aromatic rings. The van der Waals surface area contributed by atoms with E-state index >= 15 is 0 Å². The van der Waals surface area contributed by atoms with E-state index in [2.05, 4.69) is 36.2 Å². The summed E-state index contributed by atoms with van der Waals surface area (Å²) < 4.78 is 43.3. The van der Waals surface area contributed by atoms with Gasteiger partial charge in [-0.1, -0.05) is 23.7 Å². The molecule has 0 radical (unpaired) electrons. The number of aromatic nitrogens is 3. The van der Waals surface area contributed by atoms with Gasteiger partial charge in [0.2, 0.25) is 11.9 Å². The van der Waals surface area contributed by atoms with Gasteiger partial charge in [0.15, 0.2) is 6.61 Å². The second-order valence-corrected chi connectivity index (χ2v) is 10.5. The van der Waals surface area contributed by atoms with E-state index in [0.717, 1.165) is 23.3 Å². The lowest BCUT2D eigenvalue weighted by molar-refractivity contribution is -0.154. The summed E-state index contributed by atoms with van der Waals surface area (Å²) in [6, 6.07) is 11.5. The highest BCUT2D eigenvalue weighted by Crippen LogP contribution is 2.48. The van der Waals surface area contributed by atoms with Crippen molar-refractivity contribution >= 4 is 52.7 Å². The number of alkyl halides is 3. The minimum atomic E-state index is -4.61. The molecule has 0 unspecified atom stereocenters. The highest BCUT2D eigenvalue weighted by molar-refractivity contribution is 6.34. The Morgan fingerprint density at radius 1 is 1.00 bits per heavy atom. The lowest BCUT2D eigenvalue weighted by Crippen LogP contribution is -2.46. The van der Waals surface area contributed by atoms with Crippen LogP contribution in [0.5, 0.6) is 6.01 Å². The third-order valence-electron chi connectivity index (χ3n) is 6.32. The van der Waals surface area contributed by atoms with Crippen molar-refractivity contribution in [3.05, 3.63) is 59.1 Å². The van der Waals surface area contributed by atoms with Crippen molar-refractivity contribution in [3.63, 3.8) is 0 Å². The van der Waals surface area contributed by atoms with E-state index in [-0.39, 0.29) is 18.4 Å². The Balaban J connectivity index is 1.47. The molecule has 5 N–H and O–H groups in total. The molecule has 1 aliphatic rings. The van der Waals surface area contributed by atoms with E-state index in [1.165, 1.54) is 26.2 Å². The number of hydrogen-bond donors (Lipinski definition) is 5. The minimum Gasteiger partial charge on any atom is -0.480 e. The summed E-state index contributed by atoms with van der Waals surface area (Å²) >= 11 is 6.00. The second-order valence-electron chi connectivity index (χ2n) is 10.0. The molecule has 2 aromatic carbocycles. The third-order valence-corrected chi connectivity index (χ3v) is 6.58. The molecule has 44 heavy (non-hydrogen) atoms. The molecule has 1 atom stereocenters. The summed E-state index contributed by atoms with van der Waals surface area (Å²) in [6.07, 6.45) is -3.16. The maximum absolute atomic E-state index is 12.8. The van der Waals surface area contributed by atoms with E-state index in [0.29, 0.717) is 16.4 Å². The molecule has 2 amide bonds. The number of carboxylic acid groups (broad SMARTS) is 1. The molecule has 0 saturated heterocycles. The van der Waals surface area contributed by atoms with Crippen molar-refractivity contribution in [1.82, 2.24) is 25.2 Å². The number of carboxylic acids is 1. The Bertz CT molecular complexity index is 1500. The van der Waals surface area contributed by atoms with E-state index in [4.69, 9.17) is 16.3 Å². The number of amides is 2. The largest absolute Gasteiger partial charge is 0.480 e. The van der Waals surface area contributed by atoms with E-state index in [9.17, 15) is 32.7 Å². The number of benzene rings is 2. The van der Waals surface area contributed by atoms with Gasteiger partial charge in [-0.15, -0.1) is 0 Å². The number of rotatable bonds is 12. The standard InChI is InChI=1S/C27H28ClF3N8O5/c1-39(2)21(41)20(40)32-13-19(22(42)43)33-17-7-9-18(10-8-17)34-23-35-24(37-25(36-23)44-14-27(29,30)31)38-26(11-12-26)15-3-5-16(28)6-4-15/h3-10,19,33H,11-14H2,1-2H3,(H,32,40)(H,42,43)(H2,34,35,36,37,38)/t19-/m0/s1. The van der Waals surface area contributed by atoms with Crippen LogP contribution in [0.4, 0.5) is 36.4 Å². The molecule has 1 heterocycles. The van der Waals surface area contributed by atoms with Crippen LogP contribution in [0.3, 0.4) is 0 Å². The van der Waals surface area contributed by atoms with Crippen molar-refractivity contribution in [2.45, 2.75) is 30.6 Å². The number of ether oxygens (including phenoxy) is 1. The van der Waals surface area contributed by atoms with Crippen LogP contribution in [0.15, 0.2) is 48.5 Å². The molecule has 1 aliphatic carbocycles. The highest BCUT2D eigenvalue weighted by atomic mass is 35.5. The van der Waals surface area contributed by atoms with Gasteiger partial charge in [-0.05, 0) is 54.8 Å². The number of hydrogen-bond acceptors (Lipinski definition) is 10. The zero-order chi connectivity index (χ0) is 32.1. The van der Waals surface area contributed by atoms with Gasteiger partial charge in [0.1, 0.15) is 6.04 Å². The molecule has 1 fully saturated rings. The van der Waals surface area contributed by atoms with E-state index in [1.54, 1.807) is 24.3 Å². The van der Waals surface area contributed by atoms with Gasteiger partial charge in [0.05, 0.1) is 5.54 Å². The zero-order valence-electron chi connectivity index (χ0n) is 23.4. The van der Waals surface area contributed by atoms with Gasteiger partial charge < -0.3 is 36.0 Å². The lowest BCUT2D eigenvalue weighted by atomic mass is 10.1. The number of nitrogens with zero attached hydrogens (tertiary/aromatic N) is 4. The molecule has 0 spiro atoms. The fourth-order valence-corrected chi connectivity index (χ4v) is 4.05. The predicted octanol–water partition coefficient (Wildman–Crippen LogP) is 3.38. The van der Waals surface area contributed by atoms with Gasteiger partial charge in [0.25, 0.3) is 0 Å². The molecule has 1 saturated carbocycles. The van der Waals surface area contributed by atoms with Crippen molar-refractivity contribution in [2.24, 2.45) is 0 Å². The first-order chi connectivity index (χ1) is 20.7. The number of anilines is 4. The van der Waals surface area contributed by atoms with Crippen LogP contribution in [0.2, 0.25) is 5.02 Å². The van der Waals surface area contributed by atoms with Crippen molar-refractivity contribution in [3.8, 4) is 6.01 Å². The lowest BCUT2D eigenvalue weighted by Gasteiger charge is -2.19. The fourth-order valence-electron chi connectivity index (χ4n) is 3.93. The molecule has 4 rings (SSSR count). The number of halogens is 4. The van der Waals surface area contributed by atoms with Crippen LogP contribution in [-0.2, 0) is 19.9 Å². The zero-order valence-corrected chi connectivity index (χ0v) is 24.2. The monoisotopic (exact) mass is 636 g/mol. The summed E-state index contributed by atoms with van der Waals surface area (Å²) in [5.74, 6) is -3.17. The molecule has 234 valence electrons. The summed E-state index contributed by atoms with van der Waals surface area (Å²) in [7, 11) is 2.78. The maximum atomic E-state index is 12.8. The molecular weight excluding hydrogens is 609 g/mol. The average Bonchev–Trinajstić information content (AvgIpc) is 3.74. The predicted molar refractivity (Wildman–Crippen MR) is 154 cm³/mol. The van der Waals surface area contributed by atoms with Crippen LogP contribution < -0.4 is 26.0 Å². The van der Waals surface area contributed by atoms with Gasteiger partial charge in [-0.25, -0.2) is 4.79 Å². The Morgan fingerprint density at radius 3 is 2.18 bits per heavy atom. The molecule has 13 nitrogen and oxygen atoms in total. The van der Waals surface area contributed by atoms with Crippen LogP contribution in [0.1, 0.15) is 18.4 Å². The van der Waals surface area contributed by atoms with E-state index < -0.39 is 48.2 Å². The summed E-state index contributed by atoms with van der Waals surface area (Å²) in [5.41, 5.74) is 1.14. The van der Waals surface area contributed by atoms with Gasteiger partial charge >= 0.3 is 30.0 Å². The first-order valence-electron chi connectivity index (χ1n) is 13.1. The molecule has 0 bridgehead atoms. The topological polar surface area (TPSA) is 171 Å². The smallest absolute Gasteiger partial charge is 0.422 e. The quantitative estimate of drug-likeness (QED) is 0.185. The Labute approximate surface area is 254 Å². The molecular formula is C27H28ClF3N8O5. The fraction of sp³-hybridized carbons (Fsp3) is 0.333. The van der Waals surface area contributed by atoms with Crippen molar-refractivity contribution in [1.29, 1.82) is 0 Å². The Hall–Kier alpha value is -4.86. The van der Waals surface area contributed by atoms with Crippen molar-refractivity contribution < 1.29 is 37.4 Å². The van der Waals surface area contributed by atoms with Gasteiger partial charge in [0, 0.05) is 37.0 Å². The summed E-state index contributed by atoms with van der Waals surface area (Å²) in [6.45, 7) is -1.97. The molecule has 17 heteroatoms. The summed E-state index contributed by atoms with van der Waals surface area (Å²) in [4.78, 5) is 48.6.